The number of halogens is 2. The van der Waals surface area contributed by atoms with E-state index >= 15 is 0 Å². The predicted molar refractivity (Wildman–Crippen MR) is 86.7 cm³/mol. The lowest BCUT2D eigenvalue weighted by atomic mass is 10.1. The number of aliphatic hydroxyl groups is 1. The van der Waals surface area contributed by atoms with Crippen LogP contribution in [-0.4, -0.2) is 17.2 Å². The van der Waals surface area contributed by atoms with Crippen molar-refractivity contribution in [2.24, 2.45) is 0 Å². The molecule has 2 aromatic rings. The summed E-state index contributed by atoms with van der Waals surface area (Å²) in [7, 11) is 1.62. The molecule has 18 heavy (non-hydrogen) atoms. The first-order valence-corrected chi connectivity index (χ1v) is 7.41. The highest BCUT2D eigenvalue weighted by atomic mass is 127. The van der Waals surface area contributed by atoms with E-state index in [1.54, 1.807) is 13.3 Å². The Morgan fingerprint density at radius 3 is 2.67 bits per heavy atom. The number of hydrogen-bond acceptors (Lipinski definition) is 3. The number of benzene rings is 1. The van der Waals surface area contributed by atoms with Crippen LogP contribution in [0.1, 0.15) is 17.4 Å². The van der Waals surface area contributed by atoms with Crippen LogP contribution in [0.15, 0.2) is 36.5 Å². The number of aromatic nitrogens is 1. The maximum atomic E-state index is 10.4. The molecule has 0 amide bonds. The van der Waals surface area contributed by atoms with E-state index in [4.69, 9.17) is 4.74 Å². The van der Waals surface area contributed by atoms with Crippen molar-refractivity contribution in [1.82, 2.24) is 4.98 Å². The fourth-order valence-corrected chi connectivity index (χ4v) is 2.82. The van der Waals surface area contributed by atoms with E-state index in [0.29, 0.717) is 5.69 Å². The fourth-order valence-electron chi connectivity index (χ4n) is 1.60. The van der Waals surface area contributed by atoms with Crippen molar-refractivity contribution in [3.05, 3.63) is 54.9 Å². The van der Waals surface area contributed by atoms with Gasteiger partial charge in [-0.3, -0.25) is 4.98 Å². The first kappa shape index (κ1) is 14.0. The summed E-state index contributed by atoms with van der Waals surface area (Å²) >= 11 is 4.46. The van der Waals surface area contributed by atoms with Crippen LogP contribution in [0.5, 0.6) is 5.75 Å². The number of methoxy groups -OCH3 is 1. The Hall–Kier alpha value is -0.410. The highest BCUT2D eigenvalue weighted by Gasteiger charge is 2.17. The third kappa shape index (κ3) is 2.94. The molecule has 1 heterocycles. The number of pyridine rings is 1. The Bertz CT molecular complexity index is 546. The maximum Gasteiger partial charge on any atom is 0.122 e. The molecule has 2 rings (SSSR count). The van der Waals surface area contributed by atoms with Gasteiger partial charge in [0.05, 0.1) is 12.8 Å². The molecular weight excluding hydrogens is 456 g/mol. The minimum atomic E-state index is -0.735. The maximum absolute atomic E-state index is 10.4. The number of ether oxygens (including phenoxy) is 1. The zero-order chi connectivity index (χ0) is 13.1. The molecule has 3 nitrogen and oxygen atoms in total. The van der Waals surface area contributed by atoms with Gasteiger partial charge >= 0.3 is 0 Å². The van der Waals surface area contributed by atoms with Gasteiger partial charge in [-0.15, -0.1) is 0 Å². The van der Waals surface area contributed by atoms with Crippen LogP contribution >= 0.6 is 45.2 Å². The monoisotopic (exact) mass is 467 g/mol. The van der Waals surface area contributed by atoms with Crippen molar-refractivity contribution in [2.45, 2.75) is 6.10 Å². The van der Waals surface area contributed by atoms with Crippen LogP contribution in [0.25, 0.3) is 0 Å². The quantitative estimate of drug-likeness (QED) is 0.705. The van der Waals surface area contributed by atoms with E-state index in [9.17, 15) is 5.11 Å². The van der Waals surface area contributed by atoms with E-state index in [0.717, 1.165) is 18.5 Å². The summed E-state index contributed by atoms with van der Waals surface area (Å²) in [5, 5.41) is 10.4. The van der Waals surface area contributed by atoms with Crippen molar-refractivity contribution in [3.8, 4) is 5.75 Å². The molecule has 0 radical (unpaired) electrons. The molecule has 0 spiro atoms. The molecule has 0 saturated carbocycles. The standard InChI is InChI=1S/C13H11I2NO2/c1-18-8-6-9(12(15)10(14)7-8)13(17)11-4-2-3-5-16-11/h2-7,13,17H,1H3. The third-order valence-corrected chi connectivity index (χ3v) is 5.61. The number of aliphatic hydroxyl groups excluding tert-OH is 1. The van der Waals surface area contributed by atoms with Gasteiger partial charge in [-0.05, 0) is 69.4 Å². The number of hydrogen-bond donors (Lipinski definition) is 1. The molecule has 0 aliphatic rings. The van der Waals surface area contributed by atoms with Crippen LogP contribution in [0.3, 0.4) is 0 Å². The van der Waals surface area contributed by atoms with Crippen molar-refractivity contribution < 1.29 is 9.84 Å². The van der Waals surface area contributed by atoms with Gasteiger partial charge in [0, 0.05) is 18.9 Å². The minimum absolute atomic E-state index is 0.638. The second-order valence-electron chi connectivity index (χ2n) is 3.67. The topological polar surface area (TPSA) is 42.4 Å². The van der Waals surface area contributed by atoms with Crippen molar-refractivity contribution >= 4 is 45.2 Å². The van der Waals surface area contributed by atoms with E-state index < -0.39 is 6.10 Å². The van der Waals surface area contributed by atoms with Gasteiger partial charge in [0.25, 0.3) is 0 Å². The summed E-state index contributed by atoms with van der Waals surface area (Å²) in [6, 6.07) is 9.30. The van der Waals surface area contributed by atoms with Gasteiger partial charge in [-0.25, -0.2) is 0 Å². The predicted octanol–water partition coefficient (Wildman–Crippen LogP) is 3.38. The summed E-state index contributed by atoms with van der Waals surface area (Å²) in [6.07, 6.45) is 0.943. The van der Waals surface area contributed by atoms with Gasteiger partial charge in [-0.2, -0.15) is 0 Å². The molecule has 1 N–H and O–H groups in total. The Morgan fingerprint density at radius 1 is 1.28 bits per heavy atom. The van der Waals surface area contributed by atoms with Crippen LogP contribution in [0, 0.1) is 7.14 Å². The summed E-state index contributed by atoms with van der Waals surface area (Å²) in [6.45, 7) is 0. The number of rotatable bonds is 3. The van der Waals surface area contributed by atoms with Crippen LogP contribution in [0.2, 0.25) is 0 Å². The largest absolute Gasteiger partial charge is 0.497 e. The van der Waals surface area contributed by atoms with Crippen molar-refractivity contribution in [1.29, 1.82) is 0 Å². The normalized spacial score (nSPS) is 12.2. The first-order chi connectivity index (χ1) is 8.63. The fraction of sp³-hybridized carbons (Fsp3) is 0.154. The molecule has 1 unspecified atom stereocenters. The second kappa shape index (κ2) is 6.16. The summed E-state index contributed by atoms with van der Waals surface area (Å²) in [4.78, 5) is 4.18. The van der Waals surface area contributed by atoms with Gasteiger partial charge < -0.3 is 9.84 Å². The molecule has 0 aliphatic carbocycles. The van der Waals surface area contributed by atoms with Crippen LogP contribution in [0.4, 0.5) is 0 Å². The Kier molecular flexibility index (Phi) is 4.79. The average molecular weight is 467 g/mol. The highest BCUT2D eigenvalue weighted by Crippen LogP contribution is 2.31. The molecule has 0 saturated heterocycles. The molecule has 94 valence electrons. The average Bonchev–Trinajstić information content (AvgIpc) is 2.42. The van der Waals surface area contributed by atoms with Gasteiger partial charge in [0.1, 0.15) is 11.9 Å². The van der Waals surface area contributed by atoms with E-state index in [2.05, 4.69) is 50.2 Å². The van der Waals surface area contributed by atoms with Gasteiger partial charge in [0.15, 0.2) is 0 Å². The van der Waals surface area contributed by atoms with E-state index in [-0.39, 0.29) is 0 Å². The molecule has 0 fully saturated rings. The minimum Gasteiger partial charge on any atom is -0.497 e. The SMILES string of the molecule is COc1cc(I)c(I)c(C(O)c2ccccn2)c1. The molecular formula is C13H11I2NO2. The summed E-state index contributed by atoms with van der Waals surface area (Å²) in [5.74, 6) is 0.741. The number of nitrogens with zero attached hydrogens (tertiary/aromatic N) is 1. The van der Waals surface area contributed by atoms with E-state index in [1.807, 2.05) is 30.3 Å². The molecule has 5 heteroatoms. The van der Waals surface area contributed by atoms with Crippen molar-refractivity contribution in [2.75, 3.05) is 7.11 Å². The molecule has 0 bridgehead atoms. The smallest absolute Gasteiger partial charge is 0.122 e. The van der Waals surface area contributed by atoms with Crippen LogP contribution < -0.4 is 4.74 Å². The van der Waals surface area contributed by atoms with Gasteiger partial charge in [0.2, 0.25) is 0 Å². The summed E-state index contributed by atoms with van der Waals surface area (Å²) < 4.78 is 7.31. The third-order valence-electron chi connectivity index (χ3n) is 2.53. The molecule has 0 aliphatic heterocycles. The van der Waals surface area contributed by atoms with Crippen molar-refractivity contribution in [3.63, 3.8) is 0 Å². The van der Waals surface area contributed by atoms with Gasteiger partial charge in [-0.1, -0.05) is 6.07 Å². The zero-order valence-electron chi connectivity index (χ0n) is 9.60. The lowest BCUT2D eigenvalue weighted by Gasteiger charge is -2.15. The Morgan fingerprint density at radius 2 is 2.06 bits per heavy atom. The van der Waals surface area contributed by atoms with Crippen LogP contribution in [-0.2, 0) is 0 Å². The molecule has 1 aromatic carbocycles. The summed E-state index contributed by atoms with van der Waals surface area (Å²) in [5.41, 5.74) is 1.46. The zero-order valence-corrected chi connectivity index (χ0v) is 13.9. The second-order valence-corrected chi connectivity index (χ2v) is 5.91. The lowest BCUT2D eigenvalue weighted by molar-refractivity contribution is 0.214. The first-order valence-electron chi connectivity index (χ1n) is 5.25. The molecule has 1 aromatic heterocycles. The highest BCUT2D eigenvalue weighted by molar-refractivity contribution is 14.1. The Labute approximate surface area is 133 Å². The Balaban J connectivity index is 2.47. The lowest BCUT2D eigenvalue weighted by Crippen LogP contribution is -2.05. The molecule has 1 atom stereocenters. The van der Waals surface area contributed by atoms with E-state index in [1.165, 1.54) is 0 Å².